The van der Waals surface area contributed by atoms with E-state index in [-0.39, 0.29) is 24.3 Å². The lowest BCUT2D eigenvalue weighted by molar-refractivity contribution is 0.0641. The molecule has 0 atom stereocenters. The van der Waals surface area contributed by atoms with Gasteiger partial charge in [0.2, 0.25) is 0 Å². The molecule has 4 rings (SSSR count). The fraction of sp³-hybridized carbons (Fsp3) is 0.125. The minimum atomic E-state index is -0.287. The van der Waals surface area contributed by atoms with Crippen LogP contribution in [0.5, 0.6) is 0 Å². The lowest BCUT2D eigenvalue weighted by atomic mass is 10.1. The standard InChI is InChI=1S/C24H20N2O3/c1-16-5-4-6-18(13-16)14-25-22(27)19-11-9-17(10-12-19)15-26-23(28)20-7-2-3-8-21(20)24(26)29/h2-13H,14-15H2,1H3,(H,25,27). The van der Waals surface area contributed by atoms with Gasteiger partial charge in [0.1, 0.15) is 0 Å². The van der Waals surface area contributed by atoms with Crippen molar-refractivity contribution in [2.75, 3.05) is 0 Å². The van der Waals surface area contributed by atoms with E-state index in [1.54, 1.807) is 48.5 Å². The van der Waals surface area contributed by atoms with Gasteiger partial charge in [-0.3, -0.25) is 19.3 Å². The van der Waals surface area contributed by atoms with Gasteiger partial charge in [-0.2, -0.15) is 0 Å². The number of nitrogens with one attached hydrogen (secondary N) is 1. The highest BCUT2D eigenvalue weighted by atomic mass is 16.2. The molecule has 1 heterocycles. The molecule has 0 saturated heterocycles. The van der Waals surface area contributed by atoms with Crippen molar-refractivity contribution in [3.63, 3.8) is 0 Å². The summed E-state index contributed by atoms with van der Waals surface area (Å²) in [4.78, 5) is 38.6. The number of carbonyl (C=O) groups excluding carboxylic acids is 3. The maximum atomic E-state index is 12.5. The second kappa shape index (κ2) is 7.72. The lowest BCUT2D eigenvalue weighted by Crippen LogP contribution is -2.29. The van der Waals surface area contributed by atoms with Crippen LogP contribution in [0.3, 0.4) is 0 Å². The van der Waals surface area contributed by atoms with E-state index < -0.39 is 0 Å². The summed E-state index contributed by atoms with van der Waals surface area (Å²) >= 11 is 0. The molecule has 5 heteroatoms. The number of nitrogens with zero attached hydrogens (tertiary/aromatic N) is 1. The Hall–Kier alpha value is -3.73. The molecular weight excluding hydrogens is 364 g/mol. The second-order valence-electron chi connectivity index (χ2n) is 7.11. The quantitative estimate of drug-likeness (QED) is 0.682. The van der Waals surface area contributed by atoms with Crippen LogP contribution >= 0.6 is 0 Å². The monoisotopic (exact) mass is 384 g/mol. The summed E-state index contributed by atoms with van der Waals surface area (Å²) in [6, 6.07) is 21.8. The van der Waals surface area contributed by atoms with Gasteiger partial charge >= 0.3 is 0 Å². The van der Waals surface area contributed by atoms with Gasteiger partial charge in [0.15, 0.2) is 0 Å². The summed E-state index contributed by atoms with van der Waals surface area (Å²) in [5, 5.41) is 2.90. The number of hydrogen-bond donors (Lipinski definition) is 1. The molecule has 5 nitrogen and oxygen atoms in total. The van der Waals surface area contributed by atoms with E-state index in [1.165, 1.54) is 4.90 Å². The first-order valence-corrected chi connectivity index (χ1v) is 9.41. The molecule has 3 amide bonds. The summed E-state index contributed by atoms with van der Waals surface area (Å²) in [6.07, 6.45) is 0. The van der Waals surface area contributed by atoms with Gasteiger partial charge in [-0.05, 0) is 42.3 Å². The first kappa shape index (κ1) is 18.6. The Morgan fingerprint density at radius 2 is 1.48 bits per heavy atom. The predicted molar refractivity (Wildman–Crippen MR) is 109 cm³/mol. The van der Waals surface area contributed by atoms with Crippen LogP contribution in [0, 0.1) is 6.92 Å². The Bertz CT molecular complexity index is 1070. The number of benzene rings is 3. The van der Waals surface area contributed by atoms with Gasteiger partial charge in [-0.1, -0.05) is 54.1 Å². The Balaban J connectivity index is 1.40. The highest BCUT2D eigenvalue weighted by molar-refractivity contribution is 6.21. The van der Waals surface area contributed by atoms with Crippen molar-refractivity contribution >= 4 is 17.7 Å². The third-order valence-corrected chi connectivity index (χ3v) is 4.97. The number of imide groups is 1. The number of carbonyl (C=O) groups is 3. The molecule has 0 aromatic heterocycles. The third kappa shape index (κ3) is 3.80. The SMILES string of the molecule is Cc1cccc(CNC(=O)c2ccc(CN3C(=O)c4ccccc4C3=O)cc2)c1. The van der Waals surface area contributed by atoms with Crippen LogP contribution < -0.4 is 5.32 Å². The molecule has 0 fully saturated rings. The zero-order valence-corrected chi connectivity index (χ0v) is 16.0. The zero-order chi connectivity index (χ0) is 20.4. The maximum absolute atomic E-state index is 12.5. The molecule has 0 bridgehead atoms. The molecule has 0 saturated carbocycles. The smallest absolute Gasteiger partial charge is 0.261 e. The summed E-state index contributed by atoms with van der Waals surface area (Å²) in [5.41, 5.74) is 4.38. The van der Waals surface area contributed by atoms with Crippen LogP contribution in [0.1, 0.15) is 47.8 Å². The molecule has 0 unspecified atom stereocenters. The first-order valence-electron chi connectivity index (χ1n) is 9.41. The number of amides is 3. The molecule has 3 aromatic carbocycles. The molecule has 1 aliphatic rings. The summed E-state index contributed by atoms with van der Waals surface area (Å²) < 4.78 is 0. The predicted octanol–water partition coefficient (Wildman–Crippen LogP) is 3.72. The van der Waals surface area contributed by atoms with Gasteiger partial charge in [0.25, 0.3) is 17.7 Å². The molecule has 1 N–H and O–H groups in total. The molecule has 29 heavy (non-hydrogen) atoms. The minimum Gasteiger partial charge on any atom is -0.348 e. The van der Waals surface area contributed by atoms with E-state index in [2.05, 4.69) is 5.32 Å². The fourth-order valence-corrected chi connectivity index (χ4v) is 3.43. The van der Waals surface area contributed by atoms with Gasteiger partial charge in [-0.25, -0.2) is 0 Å². The van der Waals surface area contributed by atoms with E-state index in [9.17, 15) is 14.4 Å². The molecular formula is C24H20N2O3. The van der Waals surface area contributed by atoms with E-state index in [1.807, 2.05) is 31.2 Å². The van der Waals surface area contributed by atoms with Crippen LogP contribution in [-0.4, -0.2) is 22.6 Å². The van der Waals surface area contributed by atoms with Crippen LogP contribution in [0.4, 0.5) is 0 Å². The average Bonchev–Trinajstić information content (AvgIpc) is 2.98. The molecule has 3 aromatic rings. The van der Waals surface area contributed by atoms with Crippen molar-refractivity contribution in [2.24, 2.45) is 0 Å². The molecule has 0 radical (unpaired) electrons. The Labute approximate surface area is 169 Å². The van der Waals surface area contributed by atoms with Crippen molar-refractivity contribution in [1.82, 2.24) is 10.2 Å². The number of rotatable bonds is 5. The van der Waals surface area contributed by atoms with Gasteiger partial charge in [0.05, 0.1) is 17.7 Å². The topological polar surface area (TPSA) is 66.5 Å². The van der Waals surface area contributed by atoms with Gasteiger partial charge in [-0.15, -0.1) is 0 Å². The lowest BCUT2D eigenvalue weighted by Gasteiger charge is -2.14. The third-order valence-electron chi connectivity index (χ3n) is 4.97. The summed E-state index contributed by atoms with van der Waals surface area (Å²) in [5.74, 6) is -0.741. The molecule has 1 aliphatic heterocycles. The molecule has 0 spiro atoms. The minimum absolute atomic E-state index is 0.168. The average molecular weight is 384 g/mol. The highest BCUT2D eigenvalue weighted by Gasteiger charge is 2.34. The summed E-state index contributed by atoms with van der Waals surface area (Å²) in [6.45, 7) is 2.65. The van der Waals surface area contributed by atoms with Crippen LogP contribution in [0.25, 0.3) is 0 Å². The van der Waals surface area contributed by atoms with E-state index in [4.69, 9.17) is 0 Å². The van der Waals surface area contributed by atoms with Crippen molar-refractivity contribution in [2.45, 2.75) is 20.0 Å². The van der Waals surface area contributed by atoms with E-state index >= 15 is 0 Å². The van der Waals surface area contributed by atoms with E-state index in [0.717, 1.165) is 16.7 Å². The van der Waals surface area contributed by atoms with Crippen LogP contribution in [-0.2, 0) is 13.1 Å². The Morgan fingerprint density at radius 3 is 2.10 bits per heavy atom. The van der Waals surface area contributed by atoms with E-state index in [0.29, 0.717) is 23.2 Å². The molecule has 144 valence electrons. The largest absolute Gasteiger partial charge is 0.348 e. The van der Waals surface area contributed by atoms with Crippen molar-refractivity contribution in [3.8, 4) is 0 Å². The normalized spacial score (nSPS) is 12.8. The molecule has 0 aliphatic carbocycles. The van der Waals surface area contributed by atoms with Crippen molar-refractivity contribution in [3.05, 3.63) is 106 Å². The second-order valence-corrected chi connectivity index (χ2v) is 7.11. The summed E-state index contributed by atoms with van der Waals surface area (Å²) in [7, 11) is 0. The number of hydrogen-bond acceptors (Lipinski definition) is 3. The number of aryl methyl sites for hydroxylation is 1. The zero-order valence-electron chi connectivity index (χ0n) is 16.0. The van der Waals surface area contributed by atoms with Crippen molar-refractivity contribution < 1.29 is 14.4 Å². The van der Waals surface area contributed by atoms with Crippen LogP contribution in [0.15, 0.2) is 72.8 Å². The number of fused-ring (bicyclic) bond motifs is 1. The van der Waals surface area contributed by atoms with Gasteiger partial charge < -0.3 is 5.32 Å². The van der Waals surface area contributed by atoms with Crippen molar-refractivity contribution in [1.29, 1.82) is 0 Å². The fourth-order valence-electron chi connectivity index (χ4n) is 3.43. The Morgan fingerprint density at radius 1 is 0.828 bits per heavy atom. The van der Waals surface area contributed by atoms with Crippen LogP contribution in [0.2, 0.25) is 0 Å². The Kier molecular flexibility index (Phi) is 4.96. The maximum Gasteiger partial charge on any atom is 0.261 e. The highest BCUT2D eigenvalue weighted by Crippen LogP contribution is 2.24. The van der Waals surface area contributed by atoms with Gasteiger partial charge in [0, 0.05) is 12.1 Å². The first-order chi connectivity index (χ1) is 14.0.